The van der Waals surface area contributed by atoms with E-state index in [-0.39, 0.29) is 35.6 Å². The number of aromatic nitrogens is 2. The molecule has 0 aliphatic carbocycles. The lowest BCUT2D eigenvalue weighted by Gasteiger charge is -2.28. The van der Waals surface area contributed by atoms with Crippen molar-refractivity contribution in [2.45, 2.75) is 51.0 Å². The second-order valence-electron chi connectivity index (χ2n) is 7.83. The Hall–Kier alpha value is -3.05. The van der Waals surface area contributed by atoms with E-state index in [1.807, 2.05) is 0 Å². The van der Waals surface area contributed by atoms with Crippen LogP contribution in [0.5, 0.6) is 0 Å². The van der Waals surface area contributed by atoms with Gasteiger partial charge < -0.3 is 21.7 Å². The van der Waals surface area contributed by atoms with Crippen molar-refractivity contribution in [3.05, 3.63) is 41.2 Å². The minimum absolute atomic E-state index is 0.00848. The normalized spacial score (nSPS) is 14.2. The van der Waals surface area contributed by atoms with Crippen LogP contribution >= 0.6 is 0 Å². The Morgan fingerprint density at radius 1 is 1.16 bits per heavy atom. The molecule has 0 fully saturated rings. The number of carbonyl (C=O) groups is 2. The maximum absolute atomic E-state index is 13.4. The lowest BCUT2D eigenvalue weighted by molar-refractivity contribution is -0.255. The van der Waals surface area contributed by atoms with Gasteiger partial charge in [0, 0.05) is 17.5 Å². The van der Waals surface area contributed by atoms with E-state index < -0.39 is 34.6 Å². The molecule has 6 N–H and O–H groups in total. The Morgan fingerprint density at radius 2 is 1.77 bits per heavy atom. The van der Waals surface area contributed by atoms with Crippen LogP contribution in [0.1, 0.15) is 48.3 Å². The van der Waals surface area contributed by atoms with E-state index in [1.54, 1.807) is 6.92 Å². The van der Waals surface area contributed by atoms with Gasteiger partial charge in [0.25, 0.3) is 11.5 Å². The molecule has 0 radical (unpaired) electrons. The van der Waals surface area contributed by atoms with Crippen LogP contribution in [0.3, 0.4) is 0 Å². The SMILES string of the molecule is Cc1ccc(C(O)(C(N)=O)C(F)(F)F)cc1-c1cnc(N)c(C(=O)CCC(C)(C)O)n1. The predicted molar refractivity (Wildman–Crippen MR) is 106 cm³/mol. The first-order valence-corrected chi connectivity index (χ1v) is 9.16. The number of benzene rings is 1. The molecule has 11 heteroatoms. The van der Waals surface area contributed by atoms with Crippen molar-refractivity contribution >= 4 is 17.5 Å². The molecule has 168 valence electrons. The van der Waals surface area contributed by atoms with Crippen molar-refractivity contribution in [2.75, 3.05) is 5.73 Å². The zero-order valence-electron chi connectivity index (χ0n) is 17.1. The molecule has 1 aromatic heterocycles. The Balaban J connectivity index is 2.56. The maximum atomic E-state index is 13.4. The van der Waals surface area contributed by atoms with Crippen LogP contribution in [0, 0.1) is 6.92 Å². The number of ketones is 1. The first-order valence-electron chi connectivity index (χ1n) is 9.16. The zero-order chi connectivity index (χ0) is 23.8. The van der Waals surface area contributed by atoms with Gasteiger partial charge in [0.2, 0.25) is 0 Å². The number of rotatable bonds is 7. The number of hydrogen-bond donors (Lipinski definition) is 4. The van der Waals surface area contributed by atoms with Crippen molar-refractivity contribution in [3.63, 3.8) is 0 Å². The molecular formula is C20H23F3N4O4. The number of amides is 1. The van der Waals surface area contributed by atoms with E-state index >= 15 is 0 Å². The molecule has 1 heterocycles. The van der Waals surface area contributed by atoms with Gasteiger partial charge in [0.1, 0.15) is 5.69 Å². The van der Waals surface area contributed by atoms with Gasteiger partial charge in [0.05, 0.1) is 17.5 Å². The number of aliphatic hydroxyl groups is 2. The van der Waals surface area contributed by atoms with Gasteiger partial charge >= 0.3 is 6.18 Å². The molecule has 0 aliphatic heterocycles. The number of carbonyl (C=O) groups excluding carboxylic acids is 2. The number of anilines is 1. The topological polar surface area (TPSA) is 152 Å². The number of nitrogens with two attached hydrogens (primary N) is 2. The summed E-state index contributed by atoms with van der Waals surface area (Å²) in [6.07, 6.45) is -4.16. The molecule has 2 aromatic rings. The lowest BCUT2D eigenvalue weighted by Crippen LogP contribution is -2.52. The summed E-state index contributed by atoms with van der Waals surface area (Å²) in [4.78, 5) is 32.0. The van der Waals surface area contributed by atoms with E-state index in [0.717, 1.165) is 18.3 Å². The monoisotopic (exact) mass is 440 g/mol. The molecule has 1 aromatic carbocycles. The summed E-state index contributed by atoms with van der Waals surface area (Å²) >= 11 is 0. The van der Waals surface area contributed by atoms with Gasteiger partial charge in [-0.1, -0.05) is 12.1 Å². The van der Waals surface area contributed by atoms with E-state index in [0.29, 0.717) is 5.56 Å². The van der Waals surface area contributed by atoms with Crippen molar-refractivity contribution in [1.29, 1.82) is 0 Å². The molecule has 2 rings (SSSR count). The number of nitrogen functional groups attached to an aromatic ring is 1. The van der Waals surface area contributed by atoms with Crippen LogP contribution in [0.15, 0.2) is 24.4 Å². The number of hydrogen-bond acceptors (Lipinski definition) is 7. The summed E-state index contributed by atoms with van der Waals surface area (Å²) in [5, 5.41) is 19.9. The lowest BCUT2D eigenvalue weighted by atomic mass is 9.89. The highest BCUT2D eigenvalue weighted by molar-refractivity contribution is 5.98. The van der Waals surface area contributed by atoms with Crippen molar-refractivity contribution in [3.8, 4) is 11.3 Å². The Bertz CT molecular complexity index is 1020. The highest BCUT2D eigenvalue weighted by atomic mass is 19.4. The third kappa shape index (κ3) is 5.00. The number of aryl methyl sites for hydroxylation is 1. The fraction of sp³-hybridized carbons (Fsp3) is 0.400. The summed E-state index contributed by atoms with van der Waals surface area (Å²) in [5.74, 6) is -2.67. The van der Waals surface area contributed by atoms with Gasteiger partial charge in [-0.05, 0) is 38.8 Å². The molecular weight excluding hydrogens is 417 g/mol. The minimum atomic E-state index is -5.36. The van der Waals surface area contributed by atoms with Crippen molar-refractivity contribution < 1.29 is 33.0 Å². The molecule has 0 saturated carbocycles. The highest BCUT2D eigenvalue weighted by Crippen LogP contribution is 2.40. The van der Waals surface area contributed by atoms with Gasteiger partial charge in [-0.3, -0.25) is 9.59 Å². The minimum Gasteiger partial charge on any atom is -0.390 e. The smallest absolute Gasteiger partial charge is 0.390 e. The fourth-order valence-corrected chi connectivity index (χ4v) is 2.84. The standard InChI is InChI=1S/C20H23F3N4O4/c1-10-4-5-11(19(31,17(25)29)20(21,22)23)8-12(10)13-9-26-16(24)15(27-13)14(28)6-7-18(2,3)30/h4-5,8-9,30-31H,6-7H2,1-3H3,(H2,24,26)(H2,25,29). The molecule has 0 bridgehead atoms. The third-order valence-electron chi connectivity index (χ3n) is 4.73. The summed E-state index contributed by atoms with van der Waals surface area (Å²) in [6, 6.07) is 3.09. The first-order chi connectivity index (χ1) is 14.1. The van der Waals surface area contributed by atoms with Crippen LogP contribution in [-0.2, 0) is 10.4 Å². The number of nitrogens with zero attached hydrogens (tertiary/aromatic N) is 2. The number of Topliss-reactive ketones (excluding diaryl/α,β-unsaturated/α-hetero) is 1. The van der Waals surface area contributed by atoms with Gasteiger partial charge in [-0.25, -0.2) is 9.97 Å². The Labute approximate surface area is 176 Å². The van der Waals surface area contributed by atoms with E-state index in [9.17, 15) is 33.0 Å². The molecule has 8 nitrogen and oxygen atoms in total. The Kier molecular flexibility index (Phi) is 6.43. The first kappa shape index (κ1) is 24.2. The van der Waals surface area contributed by atoms with Crippen molar-refractivity contribution in [1.82, 2.24) is 9.97 Å². The highest BCUT2D eigenvalue weighted by Gasteiger charge is 2.60. The second kappa shape index (κ2) is 8.23. The van der Waals surface area contributed by atoms with E-state index in [4.69, 9.17) is 11.5 Å². The van der Waals surface area contributed by atoms with Crippen LogP contribution in [0.25, 0.3) is 11.3 Å². The van der Waals surface area contributed by atoms with E-state index in [2.05, 4.69) is 9.97 Å². The summed E-state index contributed by atoms with van der Waals surface area (Å²) < 4.78 is 40.3. The molecule has 0 saturated heterocycles. The zero-order valence-corrected chi connectivity index (χ0v) is 17.1. The van der Waals surface area contributed by atoms with Crippen LogP contribution in [0.4, 0.5) is 19.0 Å². The molecule has 1 atom stereocenters. The summed E-state index contributed by atoms with van der Waals surface area (Å²) in [5.41, 5.74) is 5.10. The fourth-order valence-electron chi connectivity index (χ4n) is 2.84. The van der Waals surface area contributed by atoms with Crippen LogP contribution in [-0.4, -0.2) is 43.6 Å². The van der Waals surface area contributed by atoms with Gasteiger partial charge in [-0.2, -0.15) is 13.2 Å². The van der Waals surface area contributed by atoms with Crippen LogP contribution < -0.4 is 11.5 Å². The van der Waals surface area contributed by atoms with Crippen LogP contribution in [0.2, 0.25) is 0 Å². The number of primary amides is 1. The largest absolute Gasteiger partial charge is 0.430 e. The molecule has 0 spiro atoms. The number of alkyl halides is 3. The second-order valence-corrected chi connectivity index (χ2v) is 7.83. The van der Waals surface area contributed by atoms with Gasteiger partial charge in [0.15, 0.2) is 11.6 Å². The number of halogens is 3. The third-order valence-corrected chi connectivity index (χ3v) is 4.73. The molecule has 31 heavy (non-hydrogen) atoms. The molecule has 1 amide bonds. The predicted octanol–water partition coefficient (Wildman–Crippen LogP) is 2.00. The molecule has 1 unspecified atom stereocenters. The molecule has 0 aliphatic rings. The summed E-state index contributed by atoms with van der Waals surface area (Å²) in [6.45, 7) is 4.62. The quantitative estimate of drug-likeness (QED) is 0.481. The average Bonchev–Trinajstić information content (AvgIpc) is 2.64. The average molecular weight is 440 g/mol. The van der Waals surface area contributed by atoms with Crippen molar-refractivity contribution in [2.24, 2.45) is 5.73 Å². The van der Waals surface area contributed by atoms with Gasteiger partial charge in [-0.15, -0.1) is 0 Å². The Morgan fingerprint density at radius 3 is 2.29 bits per heavy atom. The summed E-state index contributed by atoms with van der Waals surface area (Å²) in [7, 11) is 0. The van der Waals surface area contributed by atoms with E-state index in [1.165, 1.54) is 19.9 Å². The maximum Gasteiger partial charge on any atom is 0.430 e.